The Morgan fingerprint density at radius 1 is 1.50 bits per heavy atom. The molecule has 0 unspecified atom stereocenters. The van der Waals surface area contributed by atoms with Gasteiger partial charge in [0.25, 0.3) is 0 Å². The summed E-state index contributed by atoms with van der Waals surface area (Å²) in [6.45, 7) is 6.96. The fourth-order valence-corrected chi connectivity index (χ4v) is 0.290. The van der Waals surface area contributed by atoms with Crippen molar-refractivity contribution in [1.82, 2.24) is 0 Å². The summed E-state index contributed by atoms with van der Waals surface area (Å²) in [5.41, 5.74) is 0. The van der Waals surface area contributed by atoms with Crippen LogP contribution in [0.15, 0.2) is 25.3 Å². The normalized spacial score (nSPS) is 8.40. The third-order valence-electron chi connectivity index (χ3n) is 0.687. The fourth-order valence-electron chi connectivity index (χ4n) is 0.290. The van der Waals surface area contributed by atoms with E-state index in [2.05, 4.69) is 17.9 Å². The van der Waals surface area contributed by atoms with Crippen LogP contribution in [0.3, 0.4) is 0 Å². The fraction of sp³-hybridized carbons (Fsp3) is 0.286. The Balaban J connectivity index is 3.11. The zero-order valence-electron chi connectivity index (χ0n) is 5.71. The van der Waals surface area contributed by atoms with Gasteiger partial charge < -0.3 is 9.47 Å². The van der Waals surface area contributed by atoms with E-state index in [1.807, 2.05) is 0 Å². The minimum Gasteiger partial charge on any atom is -0.435 e. The molecule has 0 saturated carbocycles. The molecular formula is C7H10O3. The Kier molecular flexibility index (Phi) is 5.38. The maximum absolute atomic E-state index is 10.3. The van der Waals surface area contributed by atoms with Gasteiger partial charge in [-0.3, -0.25) is 0 Å². The minimum atomic E-state index is -0.482. The molecule has 0 aromatic heterocycles. The number of carbonyl (C=O) groups excluding carboxylic acids is 1. The first-order chi connectivity index (χ1) is 4.81. The van der Waals surface area contributed by atoms with Crippen molar-refractivity contribution in [3.8, 4) is 0 Å². The van der Waals surface area contributed by atoms with E-state index < -0.39 is 5.97 Å². The molecule has 0 aliphatic heterocycles. The van der Waals surface area contributed by atoms with Gasteiger partial charge in [-0.15, -0.1) is 6.58 Å². The molecule has 3 nitrogen and oxygen atoms in total. The van der Waals surface area contributed by atoms with E-state index in [4.69, 9.17) is 4.74 Å². The SMILES string of the molecule is C=CCOCOC(=O)C=C. The summed E-state index contributed by atoms with van der Waals surface area (Å²) in [6.07, 6.45) is 2.65. The molecule has 0 aromatic rings. The van der Waals surface area contributed by atoms with Crippen molar-refractivity contribution in [3.05, 3.63) is 25.3 Å². The van der Waals surface area contributed by atoms with Crippen LogP contribution in [0.5, 0.6) is 0 Å². The molecule has 0 amide bonds. The lowest BCUT2D eigenvalue weighted by atomic mass is 10.7. The Morgan fingerprint density at radius 2 is 2.20 bits per heavy atom. The van der Waals surface area contributed by atoms with Gasteiger partial charge in [0.1, 0.15) is 0 Å². The summed E-state index contributed by atoms with van der Waals surface area (Å²) >= 11 is 0. The van der Waals surface area contributed by atoms with Crippen LogP contribution in [0.1, 0.15) is 0 Å². The van der Waals surface area contributed by atoms with E-state index >= 15 is 0 Å². The first-order valence-electron chi connectivity index (χ1n) is 2.79. The summed E-state index contributed by atoms with van der Waals surface area (Å²) in [6, 6.07) is 0. The molecule has 0 atom stereocenters. The van der Waals surface area contributed by atoms with Crippen molar-refractivity contribution in [1.29, 1.82) is 0 Å². The summed E-state index contributed by atoms with van der Waals surface area (Å²) in [5, 5.41) is 0. The monoisotopic (exact) mass is 142 g/mol. The molecule has 56 valence electrons. The lowest BCUT2D eigenvalue weighted by Crippen LogP contribution is -2.04. The molecule has 0 aromatic carbocycles. The average Bonchev–Trinajstić information content (AvgIpc) is 1.98. The maximum atomic E-state index is 10.3. The highest BCUT2D eigenvalue weighted by atomic mass is 16.7. The number of esters is 1. The number of rotatable bonds is 5. The third-order valence-corrected chi connectivity index (χ3v) is 0.687. The molecule has 3 heteroatoms. The second-order valence-electron chi connectivity index (χ2n) is 1.44. The van der Waals surface area contributed by atoms with Crippen LogP contribution in [0.2, 0.25) is 0 Å². The van der Waals surface area contributed by atoms with Crippen LogP contribution in [0.25, 0.3) is 0 Å². The molecule has 0 aliphatic rings. The van der Waals surface area contributed by atoms with Gasteiger partial charge in [0.05, 0.1) is 6.61 Å². The van der Waals surface area contributed by atoms with E-state index in [1.165, 1.54) is 0 Å². The van der Waals surface area contributed by atoms with E-state index in [9.17, 15) is 4.79 Å². The molecule has 0 spiro atoms. The Hall–Kier alpha value is -1.09. The van der Waals surface area contributed by atoms with Crippen LogP contribution >= 0.6 is 0 Å². The molecular weight excluding hydrogens is 132 g/mol. The van der Waals surface area contributed by atoms with Gasteiger partial charge >= 0.3 is 5.97 Å². The van der Waals surface area contributed by atoms with Crippen LogP contribution in [-0.2, 0) is 14.3 Å². The van der Waals surface area contributed by atoms with E-state index in [1.54, 1.807) is 6.08 Å². The Labute approximate surface area is 59.9 Å². The lowest BCUT2D eigenvalue weighted by Gasteiger charge is -1.99. The summed E-state index contributed by atoms with van der Waals surface area (Å²) < 4.78 is 9.21. The maximum Gasteiger partial charge on any atom is 0.332 e. The van der Waals surface area contributed by atoms with Gasteiger partial charge in [0.2, 0.25) is 0 Å². The van der Waals surface area contributed by atoms with Gasteiger partial charge in [-0.1, -0.05) is 12.7 Å². The van der Waals surface area contributed by atoms with E-state index in [-0.39, 0.29) is 6.79 Å². The highest BCUT2D eigenvalue weighted by molar-refractivity contribution is 5.81. The first kappa shape index (κ1) is 8.91. The van der Waals surface area contributed by atoms with Crippen molar-refractivity contribution in [2.24, 2.45) is 0 Å². The third kappa shape index (κ3) is 5.05. The van der Waals surface area contributed by atoms with Gasteiger partial charge in [-0.05, 0) is 0 Å². The Morgan fingerprint density at radius 3 is 2.70 bits per heavy atom. The average molecular weight is 142 g/mol. The zero-order valence-corrected chi connectivity index (χ0v) is 5.71. The number of carbonyl (C=O) groups is 1. The van der Waals surface area contributed by atoms with Crippen LogP contribution in [0, 0.1) is 0 Å². The topological polar surface area (TPSA) is 35.5 Å². The quantitative estimate of drug-likeness (QED) is 0.188. The molecule has 0 aliphatic carbocycles. The molecule has 0 rings (SSSR count). The zero-order chi connectivity index (χ0) is 7.82. The van der Waals surface area contributed by atoms with Crippen molar-refractivity contribution in [2.75, 3.05) is 13.4 Å². The van der Waals surface area contributed by atoms with Gasteiger partial charge in [-0.25, -0.2) is 4.79 Å². The van der Waals surface area contributed by atoms with Crippen LogP contribution in [0.4, 0.5) is 0 Å². The summed E-state index contributed by atoms with van der Waals surface area (Å²) in [5.74, 6) is -0.482. The largest absolute Gasteiger partial charge is 0.435 e. The highest BCUT2D eigenvalue weighted by Crippen LogP contribution is 1.80. The van der Waals surface area contributed by atoms with Gasteiger partial charge in [-0.2, -0.15) is 0 Å². The smallest absolute Gasteiger partial charge is 0.332 e. The standard InChI is InChI=1S/C7H10O3/c1-3-5-9-6-10-7(8)4-2/h3-4H,1-2,5-6H2. The number of hydrogen-bond donors (Lipinski definition) is 0. The minimum absolute atomic E-state index is 0.0448. The number of hydrogen-bond acceptors (Lipinski definition) is 3. The molecule has 0 bridgehead atoms. The molecule has 0 fully saturated rings. The van der Waals surface area contributed by atoms with Crippen molar-refractivity contribution in [3.63, 3.8) is 0 Å². The van der Waals surface area contributed by atoms with Crippen molar-refractivity contribution >= 4 is 5.97 Å². The predicted octanol–water partition coefficient (Wildman–Crippen LogP) is 0.876. The van der Waals surface area contributed by atoms with Crippen molar-refractivity contribution < 1.29 is 14.3 Å². The highest BCUT2D eigenvalue weighted by Gasteiger charge is 1.91. The summed E-state index contributed by atoms with van der Waals surface area (Å²) in [7, 11) is 0. The second-order valence-corrected chi connectivity index (χ2v) is 1.44. The molecule has 0 N–H and O–H groups in total. The molecule has 0 radical (unpaired) electrons. The van der Waals surface area contributed by atoms with E-state index in [0.29, 0.717) is 6.61 Å². The van der Waals surface area contributed by atoms with Crippen molar-refractivity contribution in [2.45, 2.75) is 0 Å². The predicted molar refractivity (Wildman–Crippen MR) is 37.3 cm³/mol. The van der Waals surface area contributed by atoms with Gasteiger partial charge in [0.15, 0.2) is 6.79 Å². The van der Waals surface area contributed by atoms with Gasteiger partial charge in [0, 0.05) is 6.08 Å². The Bertz CT molecular complexity index is 129. The van der Waals surface area contributed by atoms with E-state index in [0.717, 1.165) is 6.08 Å². The lowest BCUT2D eigenvalue weighted by molar-refractivity contribution is -0.149. The second kappa shape index (κ2) is 6.04. The molecule has 0 saturated heterocycles. The van der Waals surface area contributed by atoms with Crippen LogP contribution < -0.4 is 0 Å². The molecule has 0 heterocycles. The first-order valence-corrected chi connectivity index (χ1v) is 2.79. The number of ether oxygens (including phenoxy) is 2. The molecule has 10 heavy (non-hydrogen) atoms. The summed E-state index contributed by atoms with van der Waals surface area (Å²) in [4.78, 5) is 10.3. The van der Waals surface area contributed by atoms with Crippen LogP contribution in [-0.4, -0.2) is 19.4 Å².